The Morgan fingerprint density at radius 1 is 1.29 bits per heavy atom. The standard InChI is InChI=1S/C19H19N3O4S2/c1-13-8-9-14-5-2-3-6-15(14)22(13)18(23)12-28(24,25)11-17-20-19(21-26-17)16-7-4-10-27-16/h2-7,10,13H,8-9,11-12H2,1H3. The highest BCUT2D eigenvalue weighted by molar-refractivity contribution is 7.91. The maximum atomic E-state index is 12.9. The van der Waals surface area contributed by atoms with Gasteiger partial charge in [0.2, 0.25) is 17.6 Å². The highest BCUT2D eigenvalue weighted by Crippen LogP contribution is 2.31. The van der Waals surface area contributed by atoms with Crippen LogP contribution in [0.4, 0.5) is 5.69 Å². The Morgan fingerprint density at radius 3 is 2.89 bits per heavy atom. The lowest BCUT2D eigenvalue weighted by Gasteiger charge is -2.35. The molecule has 4 rings (SSSR count). The van der Waals surface area contributed by atoms with Crippen molar-refractivity contribution in [1.82, 2.24) is 10.1 Å². The molecular weight excluding hydrogens is 398 g/mol. The van der Waals surface area contributed by atoms with Crippen LogP contribution in [-0.4, -0.2) is 36.3 Å². The fourth-order valence-corrected chi connectivity index (χ4v) is 5.14. The van der Waals surface area contributed by atoms with E-state index in [-0.39, 0.29) is 11.9 Å². The molecule has 0 spiro atoms. The zero-order valence-electron chi connectivity index (χ0n) is 15.2. The minimum Gasteiger partial charge on any atom is -0.338 e. The zero-order valence-corrected chi connectivity index (χ0v) is 16.9. The number of amides is 1. The second-order valence-corrected chi connectivity index (χ2v) is 9.81. The number of carbonyl (C=O) groups is 1. The van der Waals surface area contributed by atoms with Gasteiger partial charge < -0.3 is 9.42 Å². The Hall–Kier alpha value is -2.52. The first-order valence-electron chi connectivity index (χ1n) is 8.90. The van der Waals surface area contributed by atoms with Crippen molar-refractivity contribution in [2.45, 2.75) is 31.6 Å². The molecule has 0 bridgehead atoms. The molecule has 1 aliphatic heterocycles. The molecule has 3 heterocycles. The summed E-state index contributed by atoms with van der Waals surface area (Å²) in [6.45, 7) is 1.94. The van der Waals surface area contributed by atoms with Crippen molar-refractivity contribution >= 4 is 32.8 Å². The smallest absolute Gasteiger partial charge is 0.242 e. The summed E-state index contributed by atoms with van der Waals surface area (Å²) in [5.41, 5.74) is 1.85. The summed E-state index contributed by atoms with van der Waals surface area (Å²) in [5.74, 6) is -1.14. The van der Waals surface area contributed by atoms with Gasteiger partial charge in [-0.25, -0.2) is 8.42 Å². The predicted molar refractivity (Wildman–Crippen MR) is 107 cm³/mol. The molecular formula is C19H19N3O4S2. The van der Waals surface area contributed by atoms with Gasteiger partial charge in [-0.3, -0.25) is 4.79 Å². The SMILES string of the molecule is CC1CCc2ccccc2N1C(=O)CS(=O)(=O)Cc1nc(-c2cccs2)no1. The summed E-state index contributed by atoms with van der Waals surface area (Å²) in [7, 11) is -3.75. The fourth-order valence-electron chi connectivity index (χ4n) is 3.38. The van der Waals surface area contributed by atoms with Crippen LogP contribution in [0.25, 0.3) is 10.7 Å². The van der Waals surface area contributed by atoms with Crippen LogP contribution >= 0.6 is 11.3 Å². The van der Waals surface area contributed by atoms with Crippen LogP contribution in [0, 0.1) is 0 Å². The van der Waals surface area contributed by atoms with Crippen LogP contribution in [0.15, 0.2) is 46.3 Å². The summed E-state index contributed by atoms with van der Waals surface area (Å²) in [6, 6.07) is 11.2. The molecule has 1 aromatic carbocycles. The fraction of sp³-hybridized carbons (Fsp3) is 0.316. The molecule has 0 fully saturated rings. The van der Waals surface area contributed by atoms with Gasteiger partial charge in [-0.15, -0.1) is 11.3 Å². The molecule has 1 amide bonds. The van der Waals surface area contributed by atoms with Crippen molar-refractivity contribution in [1.29, 1.82) is 0 Å². The van der Waals surface area contributed by atoms with E-state index in [1.54, 1.807) is 4.90 Å². The number of carbonyl (C=O) groups excluding carboxylic acids is 1. The van der Waals surface area contributed by atoms with Crippen LogP contribution < -0.4 is 4.90 Å². The third kappa shape index (κ3) is 3.85. The lowest BCUT2D eigenvalue weighted by molar-refractivity contribution is -0.116. The van der Waals surface area contributed by atoms with Gasteiger partial charge in [-0.1, -0.05) is 29.4 Å². The zero-order chi connectivity index (χ0) is 19.7. The van der Waals surface area contributed by atoms with Gasteiger partial charge in [-0.05, 0) is 42.8 Å². The van der Waals surface area contributed by atoms with Crippen LogP contribution in [-0.2, 0) is 26.8 Å². The highest BCUT2D eigenvalue weighted by atomic mass is 32.2. The predicted octanol–water partition coefficient (Wildman–Crippen LogP) is 3.08. The van der Waals surface area contributed by atoms with Gasteiger partial charge in [0.25, 0.3) is 0 Å². The number of anilines is 1. The van der Waals surface area contributed by atoms with Gasteiger partial charge in [0.15, 0.2) is 9.84 Å². The molecule has 9 heteroatoms. The first-order chi connectivity index (χ1) is 13.4. The molecule has 3 aromatic rings. The van der Waals surface area contributed by atoms with E-state index >= 15 is 0 Å². The van der Waals surface area contributed by atoms with Gasteiger partial charge in [0, 0.05) is 11.7 Å². The molecule has 1 aliphatic rings. The monoisotopic (exact) mass is 417 g/mol. The topological polar surface area (TPSA) is 93.4 Å². The molecule has 0 aliphatic carbocycles. The first-order valence-corrected chi connectivity index (χ1v) is 11.6. The summed E-state index contributed by atoms with van der Waals surface area (Å²) < 4.78 is 30.3. The number of thiophene rings is 1. The number of fused-ring (bicyclic) bond motifs is 1. The van der Waals surface area contributed by atoms with Crippen molar-refractivity contribution in [3.05, 3.63) is 53.2 Å². The molecule has 1 unspecified atom stereocenters. The largest absolute Gasteiger partial charge is 0.338 e. The maximum absolute atomic E-state index is 12.9. The highest BCUT2D eigenvalue weighted by Gasteiger charge is 2.31. The second-order valence-electron chi connectivity index (χ2n) is 6.80. The van der Waals surface area contributed by atoms with Crippen LogP contribution in [0.1, 0.15) is 24.8 Å². The number of aromatic nitrogens is 2. The van der Waals surface area contributed by atoms with Gasteiger partial charge >= 0.3 is 0 Å². The van der Waals surface area contributed by atoms with Crippen LogP contribution in [0.5, 0.6) is 0 Å². The molecule has 1 atom stereocenters. The van der Waals surface area contributed by atoms with E-state index in [2.05, 4.69) is 10.1 Å². The normalized spacial score (nSPS) is 16.8. The average Bonchev–Trinajstić information content (AvgIpc) is 3.32. The molecule has 0 N–H and O–H groups in total. The van der Waals surface area contributed by atoms with Crippen LogP contribution in [0.2, 0.25) is 0 Å². The third-order valence-corrected chi connectivity index (χ3v) is 6.93. The number of aryl methyl sites for hydroxylation is 1. The molecule has 7 nitrogen and oxygen atoms in total. The van der Waals surface area contributed by atoms with E-state index < -0.39 is 27.3 Å². The third-order valence-electron chi connectivity index (χ3n) is 4.69. The van der Waals surface area contributed by atoms with Gasteiger partial charge in [0.05, 0.1) is 4.88 Å². The summed E-state index contributed by atoms with van der Waals surface area (Å²) in [4.78, 5) is 19.4. The minimum atomic E-state index is -3.75. The van der Waals surface area contributed by atoms with Gasteiger partial charge in [0.1, 0.15) is 11.5 Å². The maximum Gasteiger partial charge on any atom is 0.242 e. The Bertz CT molecular complexity index is 1090. The molecule has 0 saturated carbocycles. The molecule has 2 aromatic heterocycles. The van der Waals surface area contributed by atoms with Crippen molar-refractivity contribution < 1.29 is 17.7 Å². The van der Waals surface area contributed by atoms with E-state index in [1.807, 2.05) is 48.7 Å². The number of sulfone groups is 1. The van der Waals surface area contributed by atoms with E-state index in [1.165, 1.54) is 11.3 Å². The summed E-state index contributed by atoms with van der Waals surface area (Å²) in [5, 5.41) is 5.69. The molecule has 28 heavy (non-hydrogen) atoms. The first kappa shape index (κ1) is 18.8. The number of benzene rings is 1. The Kier molecular flexibility index (Phi) is 5.03. The summed E-state index contributed by atoms with van der Waals surface area (Å²) in [6.07, 6.45) is 1.68. The quantitative estimate of drug-likeness (QED) is 0.633. The van der Waals surface area contributed by atoms with E-state index in [4.69, 9.17) is 4.52 Å². The lowest BCUT2D eigenvalue weighted by Crippen LogP contribution is -2.45. The summed E-state index contributed by atoms with van der Waals surface area (Å²) >= 11 is 1.44. The van der Waals surface area contributed by atoms with Gasteiger partial charge in [-0.2, -0.15) is 4.98 Å². The molecule has 146 valence electrons. The molecule has 0 saturated heterocycles. The van der Waals surface area contributed by atoms with Crippen molar-refractivity contribution in [3.8, 4) is 10.7 Å². The van der Waals surface area contributed by atoms with E-state index in [0.717, 1.165) is 29.0 Å². The Morgan fingerprint density at radius 2 is 2.11 bits per heavy atom. The van der Waals surface area contributed by atoms with Crippen molar-refractivity contribution in [2.24, 2.45) is 0 Å². The number of hydrogen-bond acceptors (Lipinski definition) is 7. The number of para-hydroxylation sites is 1. The second kappa shape index (κ2) is 7.48. The van der Waals surface area contributed by atoms with Crippen molar-refractivity contribution in [3.63, 3.8) is 0 Å². The van der Waals surface area contributed by atoms with E-state index in [0.29, 0.717) is 5.82 Å². The number of rotatable bonds is 5. The van der Waals surface area contributed by atoms with E-state index in [9.17, 15) is 13.2 Å². The Balaban J connectivity index is 1.50. The number of hydrogen-bond donors (Lipinski definition) is 0. The van der Waals surface area contributed by atoms with Crippen molar-refractivity contribution in [2.75, 3.05) is 10.7 Å². The average molecular weight is 418 g/mol. The number of nitrogens with zero attached hydrogens (tertiary/aromatic N) is 3. The Labute approximate surface area is 166 Å². The van der Waals surface area contributed by atoms with Crippen LogP contribution in [0.3, 0.4) is 0 Å². The lowest BCUT2D eigenvalue weighted by atomic mass is 9.97. The minimum absolute atomic E-state index is 0.0108. The molecule has 0 radical (unpaired) electrons.